The second-order valence-electron chi connectivity index (χ2n) is 6.78. The topological polar surface area (TPSA) is 40.5 Å². The van der Waals surface area contributed by atoms with E-state index in [1.54, 1.807) is 0 Å². The van der Waals surface area contributed by atoms with Crippen molar-refractivity contribution in [2.24, 2.45) is 17.3 Å². The third-order valence-electron chi connectivity index (χ3n) is 4.40. The molecule has 2 nitrogen and oxygen atoms in total. The average Bonchev–Trinajstić information content (AvgIpc) is 2.25. The predicted molar refractivity (Wildman–Crippen MR) is 71.8 cm³/mol. The molecular weight excluding hydrogens is 212 g/mol. The van der Waals surface area contributed by atoms with Gasteiger partial charge in [0.25, 0.3) is 0 Å². The zero-order valence-electron chi connectivity index (χ0n) is 11.8. The van der Waals surface area contributed by atoms with Gasteiger partial charge < -0.3 is 10.2 Å². The third-order valence-corrected chi connectivity index (χ3v) is 4.40. The summed E-state index contributed by atoms with van der Waals surface area (Å²) in [5.41, 5.74) is 0.378. The van der Waals surface area contributed by atoms with E-state index in [2.05, 4.69) is 20.8 Å². The summed E-state index contributed by atoms with van der Waals surface area (Å²) in [5.74, 6) is 1.25. The first-order valence-corrected chi connectivity index (χ1v) is 7.24. The van der Waals surface area contributed by atoms with Gasteiger partial charge >= 0.3 is 0 Å². The SMILES string of the molecule is CC(C)(C)C1CCC(O)C(CCCCCO)C1. The van der Waals surface area contributed by atoms with Gasteiger partial charge in [0.2, 0.25) is 0 Å². The Labute approximate surface area is 106 Å². The van der Waals surface area contributed by atoms with Gasteiger partial charge in [0.05, 0.1) is 6.10 Å². The molecule has 2 N–H and O–H groups in total. The summed E-state index contributed by atoms with van der Waals surface area (Å²) in [5, 5.41) is 18.8. The normalized spacial score (nSPS) is 30.5. The van der Waals surface area contributed by atoms with Crippen molar-refractivity contribution in [3.63, 3.8) is 0 Å². The summed E-state index contributed by atoms with van der Waals surface area (Å²) >= 11 is 0. The molecule has 0 bridgehead atoms. The molecule has 0 radical (unpaired) electrons. The van der Waals surface area contributed by atoms with Gasteiger partial charge in [-0.05, 0) is 49.4 Å². The van der Waals surface area contributed by atoms with Gasteiger partial charge in [-0.25, -0.2) is 0 Å². The Morgan fingerprint density at radius 2 is 1.76 bits per heavy atom. The maximum atomic E-state index is 10.1. The summed E-state index contributed by atoms with van der Waals surface area (Å²) in [6.45, 7) is 7.26. The van der Waals surface area contributed by atoms with E-state index < -0.39 is 0 Å². The second-order valence-corrected chi connectivity index (χ2v) is 6.78. The van der Waals surface area contributed by atoms with Gasteiger partial charge in [-0.2, -0.15) is 0 Å². The quantitative estimate of drug-likeness (QED) is 0.726. The van der Waals surface area contributed by atoms with E-state index in [9.17, 15) is 5.11 Å². The van der Waals surface area contributed by atoms with Gasteiger partial charge in [0.15, 0.2) is 0 Å². The lowest BCUT2D eigenvalue weighted by molar-refractivity contribution is 0.0147. The van der Waals surface area contributed by atoms with E-state index in [0.717, 1.165) is 38.0 Å². The van der Waals surface area contributed by atoms with Crippen molar-refractivity contribution in [2.75, 3.05) is 6.61 Å². The monoisotopic (exact) mass is 242 g/mol. The highest BCUT2D eigenvalue weighted by atomic mass is 16.3. The fourth-order valence-electron chi connectivity index (χ4n) is 3.04. The molecule has 102 valence electrons. The maximum Gasteiger partial charge on any atom is 0.0568 e. The molecule has 0 aliphatic heterocycles. The van der Waals surface area contributed by atoms with Crippen LogP contribution in [-0.2, 0) is 0 Å². The molecule has 3 unspecified atom stereocenters. The number of rotatable bonds is 5. The van der Waals surface area contributed by atoms with E-state index in [-0.39, 0.29) is 6.10 Å². The summed E-state index contributed by atoms with van der Waals surface area (Å²) in [6.07, 6.45) is 7.55. The molecule has 0 aromatic carbocycles. The molecule has 0 heterocycles. The molecule has 0 aromatic heterocycles. The summed E-state index contributed by atoms with van der Waals surface area (Å²) in [7, 11) is 0. The van der Waals surface area contributed by atoms with Crippen molar-refractivity contribution in [1.29, 1.82) is 0 Å². The molecule has 1 aliphatic carbocycles. The maximum absolute atomic E-state index is 10.1. The minimum atomic E-state index is -0.0808. The van der Waals surface area contributed by atoms with E-state index in [0.29, 0.717) is 17.9 Å². The van der Waals surface area contributed by atoms with Gasteiger partial charge in [-0.3, -0.25) is 0 Å². The first kappa shape index (κ1) is 15.0. The van der Waals surface area contributed by atoms with Crippen LogP contribution in [0.25, 0.3) is 0 Å². The zero-order chi connectivity index (χ0) is 12.9. The van der Waals surface area contributed by atoms with Crippen molar-refractivity contribution in [3.05, 3.63) is 0 Å². The molecule has 2 heteroatoms. The minimum absolute atomic E-state index is 0.0808. The Balaban J connectivity index is 2.36. The highest BCUT2D eigenvalue weighted by Crippen LogP contribution is 2.41. The molecule has 1 rings (SSSR count). The standard InChI is InChI=1S/C15H30O2/c1-15(2,3)13-8-9-14(17)12(11-13)7-5-4-6-10-16/h12-14,16-17H,4-11H2,1-3H3. The first-order valence-electron chi connectivity index (χ1n) is 7.24. The van der Waals surface area contributed by atoms with E-state index in [1.807, 2.05) is 0 Å². The number of hydrogen-bond acceptors (Lipinski definition) is 2. The van der Waals surface area contributed by atoms with Crippen LogP contribution in [0.5, 0.6) is 0 Å². The highest BCUT2D eigenvalue weighted by Gasteiger charge is 2.34. The number of hydrogen-bond donors (Lipinski definition) is 2. The molecule has 1 saturated carbocycles. The Bertz CT molecular complexity index is 207. The Kier molecular flexibility index (Phi) is 5.94. The van der Waals surface area contributed by atoms with E-state index >= 15 is 0 Å². The molecule has 1 fully saturated rings. The molecule has 0 saturated heterocycles. The van der Waals surface area contributed by atoms with Crippen molar-refractivity contribution in [2.45, 2.75) is 71.8 Å². The lowest BCUT2D eigenvalue weighted by Crippen LogP contribution is -2.34. The zero-order valence-corrected chi connectivity index (χ0v) is 11.8. The number of unbranched alkanes of at least 4 members (excludes halogenated alkanes) is 2. The molecular formula is C15H30O2. The van der Waals surface area contributed by atoms with Gasteiger partial charge in [0.1, 0.15) is 0 Å². The smallest absolute Gasteiger partial charge is 0.0568 e. The van der Waals surface area contributed by atoms with Crippen molar-refractivity contribution >= 4 is 0 Å². The summed E-state index contributed by atoms with van der Waals surface area (Å²) in [4.78, 5) is 0. The lowest BCUT2D eigenvalue weighted by atomic mass is 9.67. The second kappa shape index (κ2) is 6.75. The molecule has 1 aliphatic rings. The van der Waals surface area contributed by atoms with Gasteiger partial charge in [-0.1, -0.05) is 33.6 Å². The molecule has 0 amide bonds. The van der Waals surface area contributed by atoms with Crippen LogP contribution in [0.1, 0.15) is 65.7 Å². The van der Waals surface area contributed by atoms with Crippen molar-refractivity contribution < 1.29 is 10.2 Å². The summed E-state index contributed by atoms with van der Waals surface area (Å²) in [6, 6.07) is 0. The highest BCUT2D eigenvalue weighted by molar-refractivity contribution is 4.85. The Morgan fingerprint density at radius 1 is 1.06 bits per heavy atom. The molecule has 3 atom stereocenters. The minimum Gasteiger partial charge on any atom is -0.396 e. The van der Waals surface area contributed by atoms with Crippen LogP contribution < -0.4 is 0 Å². The average molecular weight is 242 g/mol. The van der Waals surface area contributed by atoms with Crippen molar-refractivity contribution in [1.82, 2.24) is 0 Å². The van der Waals surface area contributed by atoms with Crippen molar-refractivity contribution in [3.8, 4) is 0 Å². The number of aliphatic hydroxyl groups excluding tert-OH is 2. The van der Waals surface area contributed by atoms with Crippen LogP contribution in [0.3, 0.4) is 0 Å². The third kappa shape index (κ3) is 4.97. The van der Waals surface area contributed by atoms with Crippen LogP contribution >= 0.6 is 0 Å². The Hall–Kier alpha value is -0.0800. The lowest BCUT2D eigenvalue weighted by Gasteiger charge is -2.40. The van der Waals surface area contributed by atoms with Gasteiger partial charge in [0, 0.05) is 6.61 Å². The van der Waals surface area contributed by atoms with Crippen LogP contribution in [0, 0.1) is 17.3 Å². The fourth-order valence-corrected chi connectivity index (χ4v) is 3.04. The van der Waals surface area contributed by atoms with Gasteiger partial charge in [-0.15, -0.1) is 0 Å². The Morgan fingerprint density at radius 3 is 2.35 bits per heavy atom. The molecule has 17 heavy (non-hydrogen) atoms. The first-order chi connectivity index (χ1) is 7.95. The largest absolute Gasteiger partial charge is 0.396 e. The number of aliphatic hydroxyl groups is 2. The fraction of sp³-hybridized carbons (Fsp3) is 1.00. The van der Waals surface area contributed by atoms with E-state index in [1.165, 1.54) is 12.8 Å². The van der Waals surface area contributed by atoms with E-state index in [4.69, 9.17) is 5.11 Å². The molecule has 0 spiro atoms. The molecule has 0 aromatic rings. The summed E-state index contributed by atoms with van der Waals surface area (Å²) < 4.78 is 0. The van der Waals surface area contributed by atoms with Crippen LogP contribution in [0.4, 0.5) is 0 Å². The van der Waals surface area contributed by atoms with Crippen LogP contribution in [-0.4, -0.2) is 22.9 Å². The predicted octanol–water partition coefficient (Wildman–Crippen LogP) is 3.36. The van der Waals surface area contributed by atoms with Crippen LogP contribution in [0.15, 0.2) is 0 Å². The van der Waals surface area contributed by atoms with Crippen LogP contribution in [0.2, 0.25) is 0 Å².